The molecule has 0 spiro atoms. The molecule has 2 aromatic rings. The van der Waals surface area contributed by atoms with E-state index in [9.17, 15) is 19.7 Å². The molecule has 0 aliphatic heterocycles. The Hall–Kier alpha value is -3.22. The Balaban J connectivity index is 1.46. The lowest BCUT2D eigenvalue weighted by molar-refractivity contribution is -0.384. The molecule has 0 bridgehead atoms. The maximum absolute atomic E-state index is 12.1. The Bertz CT molecular complexity index is 844. The zero-order valence-corrected chi connectivity index (χ0v) is 14.0. The molecule has 134 valence electrons. The third kappa shape index (κ3) is 4.24. The van der Waals surface area contributed by atoms with E-state index in [1.165, 1.54) is 35.4 Å². The number of non-ortho nitro benzene ring substituents is 1. The number of carbonyl (C=O) groups is 2. The first-order valence-corrected chi connectivity index (χ1v) is 8.21. The molecule has 0 saturated carbocycles. The maximum atomic E-state index is 12.1. The molecule has 0 saturated heterocycles. The van der Waals surface area contributed by atoms with E-state index in [-0.39, 0.29) is 24.7 Å². The summed E-state index contributed by atoms with van der Waals surface area (Å²) in [4.78, 5) is 33.9. The van der Waals surface area contributed by atoms with E-state index in [0.717, 1.165) is 19.3 Å². The smallest absolute Gasteiger partial charge is 0.344 e. The fourth-order valence-electron chi connectivity index (χ4n) is 2.82. The number of ketones is 1. The van der Waals surface area contributed by atoms with Gasteiger partial charge >= 0.3 is 5.97 Å². The summed E-state index contributed by atoms with van der Waals surface area (Å²) in [5.41, 5.74) is 2.92. The number of rotatable bonds is 7. The van der Waals surface area contributed by atoms with Crippen molar-refractivity contribution >= 4 is 17.4 Å². The van der Waals surface area contributed by atoms with Gasteiger partial charge in [-0.3, -0.25) is 14.9 Å². The van der Waals surface area contributed by atoms with Gasteiger partial charge in [0, 0.05) is 17.7 Å². The van der Waals surface area contributed by atoms with Gasteiger partial charge in [0.15, 0.2) is 19.0 Å². The Morgan fingerprint density at radius 1 is 1.00 bits per heavy atom. The molecular weight excluding hydrogens is 338 g/mol. The second-order valence-corrected chi connectivity index (χ2v) is 5.96. The van der Waals surface area contributed by atoms with Crippen molar-refractivity contribution in [1.82, 2.24) is 0 Å². The van der Waals surface area contributed by atoms with Crippen LogP contribution in [-0.2, 0) is 22.4 Å². The van der Waals surface area contributed by atoms with E-state index < -0.39 is 10.9 Å². The molecule has 0 radical (unpaired) electrons. The summed E-state index contributed by atoms with van der Waals surface area (Å²) in [6.07, 6.45) is 3.11. The number of nitro benzene ring substituents is 1. The highest BCUT2D eigenvalue weighted by Crippen LogP contribution is 2.23. The molecule has 2 aromatic carbocycles. The molecule has 3 rings (SSSR count). The van der Waals surface area contributed by atoms with Crippen LogP contribution in [0.5, 0.6) is 5.75 Å². The lowest BCUT2D eigenvalue weighted by Gasteiger charge is -2.07. The standard InChI is InChI=1S/C19H17NO6/c21-18(15-5-4-13-2-1-3-14(13)10-15)11-26-19(22)12-25-17-8-6-16(7-9-17)20(23)24/h4-10H,1-3,11-12H2. The molecule has 26 heavy (non-hydrogen) atoms. The number of ether oxygens (including phenoxy) is 2. The van der Waals surface area contributed by atoms with Crippen molar-refractivity contribution in [2.45, 2.75) is 19.3 Å². The van der Waals surface area contributed by atoms with E-state index in [0.29, 0.717) is 11.3 Å². The van der Waals surface area contributed by atoms with E-state index in [1.807, 2.05) is 12.1 Å². The molecule has 0 aromatic heterocycles. The quantitative estimate of drug-likeness (QED) is 0.328. The summed E-state index contributed by atoms with van der Waals surface area (Å²) in [5, 5.41) is 10.6. The van der Waals surface area contributed by atoms with Gasteiger partial charge in [-0.1, -0.05) is 12.1 Å². The zero-order valence-electron chi connectivity index (χ0n) is 14.0. The number of fused-ring (bicyclic) bond motifs is 1. The Kier molecular flexibility index (Phi) is 5.26. The van der Waals surface area contributed by atoms with Gasteiger partial charge in [-0.05, 0) is 48.6 Å². The van der Waals surface area contributed by atoms with Crippen molar-refractivity contribution in [2.75, 3.05) is 13.2 Å². The van der Waals surface area contributed by atoms with Crippen LogP contribution in [-0.4, -0.2) is 29.9 Å². The second-order valence-electron chi connectivity index (χ2n) is 5.96. The third-order valence-corrected chi connectivity index (χ3v) is 4.19. The van der Waals surface area contributed by atoms with Gasteiger partial charge in [-0.25, -0.2) is 4.79 Å². The zero-order chi connectivity index (χ0) is 18.5. The normalized spacial score (nSPS) is 12.3. The maximum Gasteiger partial charge on any atom is 0.344 e. The van der Waals surface area contributed by atoms with Crippen molar-refractivity contribution in [2.24, 2.45) is 0 Å². The average molecular weight is 355 g/mol. The highest BCUT2D eigenvalue weighted by Gasteiger charge is 2.15. The molecule has 0 fully saturated rings. The molecule has 1 aliphatic rings. The monoisotopic (exact) mass is 355 g/mol. The van der Waals surface area contributed by atoms with Crippen LogP contribution in [0.2, 0.25) is 0 Å². The van der Waals surface area contributed by atoms with Gasteiger partial charge < -0.3 is 9.47 Å². The number of esters is 1. The predicted octanol–water partition coefficient (Wildman–Crippen LogP) is 2.89. The van der Waals surface area contributed by atoms with Gasteiger partial charge in [0.1, 0.15) is 5.75 Å². The summed E-state index contributed by atoms with van der Waals surface area (Å²) in [6, 6.07) is 10.9. The molecular formula is C19H17NO6. The van der Waals surface area contributed by atoms with Crippen LogP contribution in [0.1, 0.15) is 27.9 Å². The van der Waals surface area contributed by atoms with E-state index in [1.54, 1.807) is 6.07 Å². The van der Waals surface area contributed by atoms with Gasteiger partial charge in [-0.2, -0.15) is 0 Å². The number of hydrogen-bond donors (Lipinski definition) is 0. The van der Waals surface area contributed by atoms with Crippen molar-refractivity contribution in [3.8, 4) is 5.75 Å². The Morgan fingerprint density at radius 3 is 2.46 bits per heavy atom. The third-order valence-electron chi connectivity index (χ3n) is 4.19. The Morgan fingerprint density at radius 2 is 1.73 bits per heavy atom. The molecule has 0 unspecified atom stereocenters. The molecule has 0 N–H and O–H groups in total. The summed E-state index contributed by atoms with van der Waals surface area (Å²) < 4.78 is 10.1. The van der Waals surface area contributed by atoms with Gasteiger partial charge in [0.25, 0.3) is 5.69 Å². The molecule has 0 heterocycles. The highest BCUT2D eigenvalue weighted by atomic mass is 16.6. The van der Waals surface area contributed by atoms with Crippen molar-refractivity contribution in [3.63, 3.8) is 0 Å². The van der Waals surface area contributed by atoms with Crippen molar-refractivity contribution in [1.29, 1.82) is 0 Å². The second kappa shape index (κ2) is 7.77. The fraction of sp³-hybridized carbons (Fsp3) is 0.263. The van der Waals surface area contributed by atoms with Crippen molar-refractivity contribution < 1.29 is 24.0 Å². The Labute approximate surface area is 149 Å². The molecule has 7 heteroatoms. The number of nitro groups is 1. The minimum absolute atomic E-state index is 0.0696. The van der Waals surface area contributed by atoms with E-state index >= 15 is 0 Å². The number of nitrogens with zero attached hydrogens (tertiary/aromatic N) is 1. The summed E-state index contributed by atoms with van der Waals surface area (Å²) in [6.45, 7) is -0.726. The van der Waals surface area contributed by atoms with Crippen LogP contribution < -0.4 is 4.74 Å². The van der Waals surface area contributed by atoms with Crippen LogP contribution in [0.25, 0.3) is 0 Å². The molecule has 0 atom stereocenters. The number of Topliss-reactive ketones (excluding diaryl/α,β-unsaturated/α-hetero) is 1. The lowest BCUT2D eigenvalue weighted by Crippen LogP contribution is -2.19. The number of carbonyl (C=O) groups excluding carboxylic acids is 2. The minimum Gasteiger partial charge on any atom is -0.482 e. The number of hydrogen-bond acceptors (Lipinski definition) is 6. The van der Waals surface area contributed by atoms with Crippen LogP contribution >= 0.6 is 0 Å². The average Bonchev–Trinajstić information content (AvgIpc) is 3.12. The summed E-state index contributed by atoms with van der Waals surface area (Å²) in [5.74, 6) is -0.640. The number of benzene rings is 2. The minimum atomic E-state index is -0.683. The first-order valence-electron chi connectivity index (χ1n) is 8.21. The van der Waals surface area contributed by atoms with Crippen LogP contribution in [0.3, 0.4) is 0 Å². The molecule has 1 aliphatic carbocycles. The van der Waals surface area contributed by atoms with Gasteiger partial charge in [0.2, 0.25) is 0 Å². The van der Waals surface area contributed by atoms with E-state index in [2.05, 4.69) is 0 Å². The summed E-state index contributed by atoms with van der Waals surface area (Å²) in [7, 11) is 0. The molecule has 0 amide bonds. The van der Waals surface area contributed by atoms with Gasteiger partial charge in [0.05, 0.1) is 4.92 Å². The first kappa shape index (κ1) is 17.6. The van der Waals surface area contributed by atoms with Gasteiger partial charge in [-0.15, -0.1) is 0 Å². The van der Waals surface area contributed by atoms with Crippen LogP contribution in [0, 0.1) is 10.1 Å². The van der Waals surface area contributed by atoms with E-state index in [4.69, 9.17) is 9.47 Å². The van der Waals surface area contributed by atoms with Crippen LogP contribution in [0.4, 0.5) is 5.69 Å². The highest BCUT2D eigenvalue weighted by molar-refractivity contribution is 5.98. The number of aryl methyl sites for hydroxylation is 2. The topological polar surface area (TPSA) is 95.7 Å². The molecule has 7 nitrogen and oxygen atoms in total. The lowest BCUT2D eigenvalue weighted by atomic mass is 10.0. The fourth-order valence-corrected chi connectivity index (χ4v) is 2.82. The predicted molar refractivity (Wildman–Crippen MR) is 92.3 cm³/mol. The largest absolute Gasteiger partial charge is 0.482 e. The van der Waals surface area contributed by atoms with Crippen LogP contribution in [0.15, 0.2) is 42.5 Å². The SMILES string of the molecule is O=C(COc1ccc([N+](=O)[O-])cc1)OCC(=O)c1ccc2c(c1)CCC2. The summed E-state index contributed by atoms with van der Waals surface area (Å²) >= 11 is 0. The first-order chi connectivity index (χ1) is 12.5. The van der Waals surface area contributed by atoms with Crippen molar-refractivity contribution in [3.05, 3.63) is 69.3 Å².